The number of carbonyl (C=O) groups is 2. The van der Waals surface area contributed by atoms with Crippen LogP contribution in [0.2, 0.25) is 0 Å². The van der Waals surface area contributed by atoms with E-state index in [0.29, 0.717) is 24.3 Å². The molecule has 1 aliphatic heterocycles. The topological polar surface area (TPSA) is 75.4 Å². The van der Waals surface area contributed by atoms with E-state index in [0.717, 1.165) is 38.6 Å². The molecular weight excluding hydrogens is 290 g/mol. The van der Waals surface area contributed by atoms with Gasteiger partial charge in [-0.15, -0.1) is 0 Å². The highest BCUT2D eigenvalue weighted by atomic mass is 16.2. The van der Waals surface area contributed by atoms with Crippen LogP contribution in [0.4, 0.5) is 5.69 Å². The summed E-state index contributed by atoms with van der Waals surface area (Å²) >= 11 is 0. The van der Waals surface area contributed by atoms with Crippen molar-refractivity contribution in [2.75, 3.05) is 25.4 Å². The van der Waals surface area contributed by atoms with Crippen LogP contribution in [0.5, 0.6) is 0 Å². The minimum Gasteiger partial charge on any atom is -0.398 e. The zero-order chi connectivity index (χ0) is 16.7. The van der Waals surface area contributed by atoms with E-state index in [1.165, 1.54) is 0 Å². The summed E-state index contributed by atoms with van der Waals surface area (Å²) in [5.74, 6) is 0.117. The molecule has 0 aromatic heterocycles. The Kier molecular flexibility index (Phi) is 6.44. The van der Waals surface area contributed by atoms with E-state index in [4.69, 9.17) is 5.73 Å². The molecule has 23 heavy (non-hydrogen) atoms. The maximum atomic E-state index is 12.5. The van der Waals surface area contributed by atoms with Crippen molar-refractivity contribution >= 4 is 17.5 Å². The van der Waals surface area contributed by atoms with Crippen molar-refractivity contribution in [2.24, 2.45) is 5.92 Å². The molecule has 0 spiro atoms. The fraction of sp³-hybridized carbons (Fsp3) is 0.556. The average Bonchev–Trinajstić information content (AvgIpc) is 2.58. The molecular formula is C18H27N3O2. The molecule has 1 aromatic rings. The number of amides is 2. The first-order valence-corrected chi connectivity index (χ1v) is 8.55. The third kappa shape index (κ3) is 4.71. The van der Waals surface area contributed by atoms with Crippen LogP contribution in [0.1, 0.15) is 49.4 Å². The first-order valence-electron chi connectivity index (χ1n) is 8.55. The third-order valence-electron chi connectivity index (χ3n) is 4.42. The van der Waals surface area contributed by atoms with Crippen molar-refractivity contribution < 1.29 is 9.59 Å². The van der Waals surface area contributed by atoms with E-state index >= 15 is 0 Å². The Balaban J connectivity index is 1.80. The molecule has 126 valence electrons. The molecule has 0 atom stereocenters. The third-order valence-corrected chi connectivity index (χ3v) is 4.42. The van der Waals surface area contributed by atoms with Gasteiger partial charge in [-0.1, -0.05) is 31.9 Å². The zero-order valence-electron chi connectivity index (χ0n) is 13.9. The van der Waals surface area contributed by atoms with E-state index in [9.17, 15) is 9.59 Å². The van der Waals surface area contributed by atoms with Gasteiger partial charge in [0.25, 0.3) is 5.91 Å². The SMILES string of the molecule is CCCCCNC(=O)C1CCN(C(=O)c2ccccc2N)CC1. The number of rotatable bonds is 6. The number of benzene rings is 1. The van der Waals surface area contributed by atoms with Gasteiger partial charge in [0.2, 0.25) is 5.91 Å². The van der Waals surface area contributed by atoms with Crippen LogP contribution >= 0.6 is 0 Å². The van der Waals surface area contributed by atoms with Gasteiger partial charge >= 0.3 is 0 Å². The first-order chi connectivity index (χ1) is 11.1. The Labute approximate surface area is 138 Å². The Morgan fingerprint density at radius 3 is 2.57 bits per heavy atom. The summed E-state index contributed by atoms with van der Waals surface area (Å²) in [7, 11) is 0. The van der Waals surface area contributed by atoms with Crippen molar-refractivity contribution in [3.05, 3.63) is 29.8 Å². The first kappa shape index (κ1) is 17.3. The number of hydrogen-bond acceptors (Lipinski definition) is 3. The maximum Gasteiger partial charge on any atom is 0.255 e. The highest BCUT2D eigenvalue weighted by molar-refractivity contribution is 5.99. The predicted molar refractivity (Wildman–Crippen MR) is 92.0 cm³/mol. The van der Waals surface area contributed by atoms with Crippen molar-refractivity contribution in [3.63, 3.8) is 0 Å². The smallest absolute Gasteiger partial charge is 0.255 e. The van der Waals surface area contributed by atoms with E-state index < -0.39 is 0 Å². The number of unbranched alkanes of at least 4 members (excludes halogenated alkanes) is 2. The lowest BCUT2D eigenvalue weighted by molar-refractivity contribution is -0.126. The number of para-hydroxylation sites is 1. The van der Waals surface area contributed by atoms with Crippen LogP contribution < -0.4 is 11.1 Å². The molecule has 5 nitrogen and oxygen atoms in total. The standard InChI is InChI=1S/C18H27N3O2/c1-2-3-6-11-20-17(22)14-9-12-21(13-10-14)18(23)15-7-4-5-8-16(15)19/h4-5,7-8,14H,2-3,6,9-13,19H2,1H3,(H,20,22). The molecule has 0 bridgehead atoms. The van der Waals surface area contributed by atoms with Crippen molar-refractivity contribution in [3.8, 4) is 0 Å². The Bertz CT molecular complexity index is 537. The Morgan fingerprint density at radius 2 is 1.91 bits per heavy atom. The molecule has 1 fully saturated rings. The van der Waals surface area contributed by atoms with Gasteiger partial charge in [-0.25, -0.2) is 0 Å². The van der Waals surface area contributed by atoms with Gasteiger partial charge in [0.15, 0.2) is 0 Å². The van der Waals surface area contributed by atoms with E-state index in [1.54, 1.807) is 17.0 Å². The van der Waals surface area contributed by atoms with Crippen molar-refractivity contribution in [1.82, 2.24) is 10.2 Å². The molecule has 5 heteroatoms. The second-order valence-corrected chi connectivity index (χ2v) is 6.15. The fourth-order valence-corrected chi connectivity index (χ4v) is 2.94. The quantitative estimate of drug-likeness (QED) is 0.625. The minimum absolute atomic E-state index is 0.0220. The molecule has 1 aliphatic rings. The zero-order valence-corrected chi connectivity index (χ0v) is 13.9. The minimum atomic E-state index is -0.0371. The van der Waals surface area contributed by atoms with Crippen molar-refractivity contribution in [2.45, 2.75) is 39.0 Å². The highest BCUT2D eigenvalue weighted by Gasteiger charge is 2.28. The second kappa shape index (κ2) is 8.56. The van der Waals surface area contributed by atoms with Crippen molar-refractivity contribution in [1.29, 1.82) is 0 Å². The molecule has 3 N–H and O–H groups in total. The van der Waals surface area contributed by atoms with Crippen LogP contribution in [-0.2, 0) is 4.79 Å². The lowest BCUT2D eigenvalue weighted by atomic mass is 9.95. The van der Waals surface area contributed by atoms with E-state index in [1.807, 2.05) is 12.1 Å². The van der Waals surface area contributed by atoms with Gasteiger partial charge in [-0.05, 0) is 31.4 Å². The number of nitrogen functional groups attached to an aromatic ring is 1. The molecule has 0 unspecified atom stereocenters. The van der Waals surface area contributed by atoms with E-state index in [2.05, 4.69) is 12.2 Å². The van der Waals surface area contributed by atoms with Crippen LogP contribution in [0, 0.1) is 5.92 Å². The van der Waals surface area contributed by atoms with Gasteiger partial charge in [0.05, 0.1) is 5.56 Å². The number of nitrogens with zero attached hydrogens (tertiary/aromatic N) is 1. The number of nitrogens with two attached hydrogens (primary N) is 1. The molecule has 2 amide bonds. The lowest BCUT2D eigenvalue weighted by Gasteiger charge is -2.31. The number of piperidine rings is 1. The van der Waals surface area contributed by atoms with E-state index in [-0.39, 0.29) is 17.7 Å². The summed E-state index contributed by atoms with van der Waals surface area (Å²) in [6, 6.07) is 7.13. The monoisotopic (exact) mass is 317 g/mol. The summed E-state index contributed by atoms with van der Waals surface area (Å²) in [5.41, 5.74) is 6.93. The predicted octanol–water partition coefficient (Wildman–Crippen LogP) is 2.43. The second-order valence-electron chi connectivity index (χ2n) is 6.15. The molecule has 1 aromatic carbocycles. The lowest BCUT2D eigenvalue weighted by Crippen LogP contribution is -2.43. The van der Waals surface area contributed by atoms with Crippen LogP contribution in [0.15, 0.2) is 24.3 Å². The summed E-state index contributed by atoms with van der Waals surface area (Å²) in [5, 5.41) is 3.01. The van der Waals surface area contributed by atoms with Gasteiger partial charge in [-0.2, -0.15) is 0 Å². The number of carbonyl (C=O) groups excluding carboxylic acids is 2. The Morgan fingerprint density at radius 1 is 1.22 bits per heavy atom. The fourth-order valence-electron chi connectivity index (χ4n) is 2.94. The maximum absolute atomic E-state index is 12.5. The number of likely N-dealkylation sites (tertiary alicyclic amines) is 1. The van der Waals surface area contributed by atoms with Crippen LogP contribution in [0.3, 0.4) is 0 Å². The number of hydrogen-bond donors (Lipinski definition) is 2. The summed E-state index contributed by atoms with van der Waals surface area (Å²) in [6.45, 7) is 4.13. The molecule has 2 rings (SSSR count). The summed E-state index contributed by atoms with van der Waals surface area (Å²) < 4.78 is 0. The largest absolute Gasteiger partial charge is 0.398 e. The normalized spacial score (nSPS) is 15.4. The molecule has 0 radical (unpaired) electrons. The van der Waals surface area contributed by atoms with Crippen LogP contribution in [0.25, 0.3) is 0 Å². The Hall–Kier alpha value is -2.04. The number of anilines is 1. The molecule has 1 saturated heterocycles. The van der Waals surface area contributed by atoms with Gasteiger partial charge in [0.1, 0.15) is 0 Å². The molecule has 0 saturated carbocycles. The van der Waals surface area contributed by atoms with Gasteiger partial charge in [0, 0.05) is 31.2 Å². The summed E-state index contributed by atoms with van der Waals surface area (Å²) in [6.07, 6.45) is 4.77. The van der Waals surface area contributed by atoms with Crippen LogP contribution in [-0.4, -0.2) is 36.3 Å². The van der Waals surface area contributed by atoms with Gasteiger partial charge in [-0.3, -0.25) is 9.59 Å². The molecule has 0 aliphatic carbocycles. The summed E-state index contributed by atoms with van der Waals surface area (Å²) in [4.78, 5) is 26.4. The van der Waals surface area contributed by atoms with Gasteiger partial charge < -0.3 is 16.0 Å². The highest BCUT2D eigenvalue weighted by Crippen LogP contribution is 2.21. The average molecular weight is 317 g/mol. The number of nitrogens with one attached hydrogen (secondary N) is 1. The molecule has 1 heterocycles.